The number of benzene rings is 1. The lowest BCUT2D eigenvalue weighted by Gasteiger charge is -2.06. The first kappa shape index (κ1) is 9.54. The number of hydrogen-bond acceptors (Lipinski definition) is 4. The SMILES string of the molecule is C[C@H](N)C(=O)Oc1cccc(O)c1. The summed E-state index contributed by atoms with van der Waals surface area (Å²) < 4.78 is 4.83. The van der Waals surface area contributed by atoms with Gasteiger partial charge in [0, 0.05) is 6.07 Å². The number of nitrogens with two attached hydrogens (primary N) is 1. The van der Waals surface area contributed by atoms with Gasteiger partial charge in [-0.05, 0) is 19.1 Å². The molecule has 13 heavy (non-hydrogen) atoms. The Bertz CT molecular complexity index is 309. The smallest absolute Gasteiger partial charge is 0.328 e. The van der Waals surface area contributed by atoms with Crippen molar-refractivity contribution in [1.82, 2.24) is 0 Å². The van der Waals surface area contributed by atoms with E-state index in [2.05, 4.69) is 0 Å². The van der Waals surface area contributed by atoms with Crippen molar-refractivity contribution in [2.45, 2.75) is 13.0 Å². The van der Waals surface area contributed by atoms with Crippen molar-refractivity contribution in [3.63, 3.8) is 0 Å². The van der Waals surface area contributed by atoms with Crippen LogP contribution in [0.4, 0.5) is 0 Å². The molecule has 0 bridgehead atoms. The van der Waals surface area contributed by atoms with Crippen LogP contribution in [0.2, 0.25) is 0 Å². The molecule has 0 saturated carbocycles. The lowest BCUT2D eigenvalue weighted by molar-refractivity contribution is -0.135. The van der Waals surface area contributed by atoms with Gasteiger partial charge in [-0.25, -0.2) is 4.79 Å². The van der Waals surface area contributed by atoms with Gasteiger partial charge in [0.2, 0.25) is 0 Å². The third-order valence-electron chi connectivity index (χ3n) is 1.41. The maximum atomic E-state index is 11.0. The summed E-state index contributed by atoms with van der Waals surface area (Å²) in [5.74, 6) is -0.178. The van der Waals surface area contributed by atoms with Crippen LogP contribution in [0.5, 0.6) is 11.5 Å². The van der Waals surface area contributed by atoms with Gasteiger partial charge in [-0.3, -0.25) is 0 Å². The van der Waals surface area contributed by atoms with E-state index in [9.17, 15) is 4.79 Å². The van der Waals surface area contributed by atoms with E-state index in [1.807, 2.05) is 0 Å². The van der Waals surface area contributed by atoms with Crippen molar-refractivity contribution in [2.24, 2.45) is 5.73 Å². The third-order valence-corrected chi connectivity index (χ3v) is 1.41. The fraction of sp³-hybridized carbons (Fsp3) is 0.222. The number of rotatable bonds is 2. The van der Waals surface area contributed by atoms with Gasteiger partial charge >= 0.3 is 5.97 Å². The number of carbonyl (C=O) groups is 1. The minimum absolute atomic E-state index is 0.0509. The number of carbonyl (C=O) groups excluding carboxylic acids is 1. The molecule has 0 aliphatic heterocycles. The molecule has 0 aliphatic rings. The summed E-state index contributed by atoms with van der Waals surface area (Å²) in [4.78, 5) is 11.0. The molecule has 70 valence electrons. The number of phenolic OH excluding ortho intramolecular Hbond substituents is 1. The van der Waals surface area contributed by atoms with Crippen LogP contribution >= 0.6 is 0 Å². The summed E-state index contributed by atoms with van der Waals surface area (Å²) in [5.41, 5.74) is 5.28. The number of ether oxygens (including phenoxy) is 1. The minimum Gasteiger partial charge on any atom is -0.508 e. The number of esters is 1. The number of aromatic hydroxyl groups is 1. The molecule has 1 atom stereocenters. The first-order chi connectivity index (χ1) is 6.09. The highest BCUT2D eigenvalue weighted by Crippen LogP contribution is 2.17. The zero-order chi connectivity index (χ0) is 9.84. The van der Waals surface area contributed by atoms with E-state index in [0.717, 1.165) is 0 Å². The Balaban J connectivity index is 2.69. The zero-order valence-corrected chi connectivity index (χ0v) is 7.23. The van der Waals surface area contributed by atoms with Gasteiger partial charge in [0.25, 0.3) is 0 Å². The van der Waals surface area contributed by atoms with E-state index in [-0.39, 0.29) is 5.75 Å². The van der Waals surface area contributed by atoms with Gasteiger partial charge in [-0.2, -0.15) is 0 Å². The molecular formula is C9H11NO3. The van der Waals surface area contributed by atoms with Gasteiger partial charge in [0.1, 0.15) is 17.5 Å². The fourth-order valence-corrected chi connectivity index (χ4v) is 0.756. The van der Waals surface area contributed by atoms with Crippen LogP contribution in [0, 0.1) is 0 Å². The molecule has 0 radical (unpaired) electrons. The molecule has 0 heterocycles. The van der Waals surface area contributed by atoms with Gasteiger partial charge in [-0.1, -0.05) is 6.07 Å². The maximum Gasteiger partial charge on any atom is 0.328 e. The summed E-state index contributed by atoms with van der Waals surface area (Å²) in [5, 5.41) is 9.04. The predicted molar refractivity (Wildman–Crippen MR) is 47.4 cm³/mol. The molecule has 0 unspecified atom stereocenters. The fourth-order valence-electron chi connectivity index (χ4n) is 0.756. The summed E-state index contributed by atoms with van der Waals surface area (Å²) >= 11 is 0. The summed E-state index contributed by atoms with van der Waals surface area (Å²) in [7, 11) is 0. The quantitative estimate of drug-likeness (QED) is 0.519. The topological polar surface area (TPSA) is 72.6 Å². The second-order valence-corrected chi connectivity index (χ2v) is 2.71. The van der Waals surface area contributed by atoms with Crippen molar-refractivity contribution in [3.8, 4) is 11.5 Å². The van der Waals surface area contributed by atoms with Crippen LogP contribution in [-0.2, 0) is 4.79 Å². The van der Waals surface area contributed by atoms with Crippen molar-refractivity contribution < 1.29 is 14.6 Å². The monoisotopic (exact) mass is 181 g/mol. The van der Waals surface area contributed by atoms with Crippen molar-refractivity contribution in [2.75, 3.05) is 0 Å². The summed E-state index contributed by atoms with van der Waals surface area (Å²) in [6, 6.07) is 5.32. The molecular weight excluding hydrogens is 170 g/mol. The van der Waals surface area contributed by atoms with E-state index >= 15 is 0 Å². The molecule has 0 saturated heterocycles. The van der Waals surface area contributed by atoms with Gasteiger partial charge in [0.15, 0.2) is 0 Å². The average molecular weight is 181 g/mol. The van der Waals surface area contributed by atoms with Crippen molar-refractivity contribution >= 4 is 5.97 Å². The van der Waals surface area contributed by atoms with Crippen LogP contribution in [0.1, 0.15) is 6.92 Å². The van der Waals surface area contributed by atoms with Crippen LogP contribution in [-0.4, -0.2) is 17.1 Å². The Kier molecular flexibility index (Phi) is 2.87. The molecule has 0 spiro atoms. The molecule has 1 rings (SSSR count). The number of hydrogen-bond donors (Lipinski definition) is 2. The van der Waals surface area contributed by atoms with Crippen LogP contribution in [0.25, 0.3) is 0 Å². The molecule has 0 aromatic heterocycles. The molecule has 0 amide bonds. The zero-order valence-electron chi connectivity index (χ0n) is 7.23. The Labute approximate surface area is 75.9 Å². The summed E-state index contributed by atoms with van der Waals surface area (Å²) in [6.45, 7) is 1.53. The highest BCUT2D eigenvalue weighted by atomic mass is 16.5. The van der Waals surface area contributed by atoms with Crippen molar-refractivity contribution in [1.29, 1.82) is 0 Å². The molecule has 1 aromatic rings. The first-order valence-corrected chi connectivity index (χ1v) is 3.86. The van der Waals surface area contributed by atoms with E-state index in [0.29, 0.717) is 5.75 Å². The Morgan fingerprint density at radius 2 is 2.31 bits per heavy atom. The van der Waals surface area contributed by atoms with Gasteiger partial charge < -0.3 is 15.6 Å². The second kappa shape index (κ2) is 3.91. The van der Waals surface area contributed by atoms with E-state index in [1.165, 1.54) is 19.1 Å². The molecule has 1 aromatic carbocycles. The van der Waals surface area contributed by atoms with E-state index in [1.54, 1.807) is 12.1 Å². The number of phenols is 1. The summed E-state index contributed by atoms with van der Waals surface area (Å²) in [6.07, 6.45) is 0. The Hall–Kier alpha value is -1.55. The molecule has 3 N–H and O–H groups in total. The van der Waals surface area contributed by atoms with E-state index in [4.69, 9.17) is 15.6 Å². The standard InChI is InChI=1S/C9H11NO3/c1-6(10)9(12)13-8-4-2-3-7(11)5-8/h2-6,11H,10H2,1H3/t6-/m0/s1. The Morgan fingerprint density at radius 3 is 2.85 bits per heavy atom. The molecule has 4 heteroatoms. The van der Waals surface area contributed by atoms with Crippen LogP contribution in [0.15, 0.2) is 24.3 Å². The minimum atomic E-state index is -0.664. The normalized spacial score (nSPS) is 12.2. The largest absolute Gasteiger partial charge is 0.508 e. The first-order valence-electron chi connectivity index (χ1n) is 3.86. The van der Waals surface area contributed by atoms with Crippen molar-refractivity contribution in [3.05, 3.63) is 24.3 Å². The predicted octanol–water partition coefficient (Wildman–Crippen LogP) is 0.645. The highest BCUT2D eigenvalue weighted by Gasteiger charge is 2.09. The molecule has 0 aliphatic carbocycles. The van der Waals surface area contributed by atoms with Crippen LogP contribution < -0.4 is 10.5 Å². The van der Waals surface area contributed by atoms with E-state index < -0.39 is 12.0 Å². The maximum absolute atomic E-state index is 11.0. The second-order valence-electron chi connectivity index (χ2n) is 2.71. The molecule has 4 nitrogen and oxygen atoms in total. The van der Waals surface area contributed by atoms with Crippen LogP contribution in [0.3, 0.4) is 0 Å². The van der Waals surface area contributed by atoms with Gasteiger partial charge in [-0.15, -0.1) is 0 Å². The molecule has 0 fully saturated rings. The lowest BCUT2D eigenvalue weighted by atomic mass is 10.3. The Morgan fingerprint density at radius 1 is 1.62 bits per heavy atom. The highest BCUT2D eigenvalue weighted by molar-refractivity contribution is 5.77. The average Bonchev–Trinajstić information content (AvgIpc) is 2.04. The lowest BCUT2D eigenvalue weighted by Crippen LogP contribution is -2.30. The van der Waals surface area contributed by atoms with Gasteiger partial charge in [0.05, 0.1) is 0 Å². The third kappa shape index (κ3) is 2.76.